The summed E-state index contributed by atoms with van der Waals surface area (Å²) in [5.74, 6) is -0.201. The zero-order valence-corrected chi connectivity index (χ0v) is 15.6. The molecule has 0 spiro atoms. The molecule has 3 N–H and O–H groups in total. The summed E-state index contributed by atoms with van der Waals surface area (Å²) in [4.78, 5) is 24.6. The maximum absolute atomic E-state index is 12.4. The number of hydrogen-bond acceptors (Lipinski definition) is 4. The molecule has 2 amide bonds. The predicted molar refractivity (Wildman–Crippen MR) is 98.6 cm³/mol. The van der Waals surface area contributed by atoms with Gasteiger partial charge in [-0.15, -0.1) is 0 Å². The number of aryl methyl sites for hydroxylation is 1. The highest BCUT2D eigenvalue weighted by molar-refractivity contribution is 9.10. The normalized spacial score (nSPS) is 10.4. The number of methoxy groups -OCH3 is 1. The monoisotopic (exact) mass is 417 g/mol. The number of H-pyrrole nitrogens is 1. The first kappa shape index (κ1) is 17.7. The minimum atomic E-state index is -0.480. The first-order valence-electron chi connectivity index (χ1n) is 7.60. The molecule has 0 saturated carbocycles. The Balaban J connectivity index is 1.72. The van der Waals surface area contributed by atoms with Gasteiger partial charge in [0.15, 0.2) is 0 Å². The SMILES string of the molecule is COc1ccc(-c2[nH]ncc2C(=O)NNC(=O)c2cc(Br)cn2C)cc1. The van der Waals surface area contributed by atoms with E-state index in [0.29, 0.717) is 22.7 Å². The molecule has 0 aliphatic carbocycles. The Hall–Kier alpha value is -3.07. The maximum atomic E-state index is 12.4. The molecule has 0 aliphatic rings. The lowest BCUT2D eigenvalue weighted by molar-refractivity contribution is 0.0842. The fourth-order valence-corrected chi connectivity index (χ4v) is 2.95. The maximum Gasteiger partial charge on any atom is 0.286 e. The Morgan fingerprint density at radius 1 is 1.19 bits per heavy atom. The van der Waals surface area contributed by atoms with Crippen molar-refractivity contribution in [3.63, 3.8) is 0 Å². The number of carbonyl (C=O) groups excluding carboxylic acids is 2. The van der Waals surface area contributed by atoms with E-state index in [4.69, 9.17) is 4.74 Å². The van der Waals surface area contributed by atoms with Crippen LogP contribution in [0.1, 0.15) is 20.8 Å². The summed E-state index contributed by atoms with van der Waals surface area (Å²) in [5.41, 5.74) is 6.82. The van der Waals surface area contributed by atoms with Crippen molar-refractivity contribution >= 4 is 27.7 Å². The molecule has 0 bridgehead atoms. The molecule has 0 atom stereocenters. The number of halogens is 1. The number of aromatic nitrogens is 3. The molecule has 2 heterocycles. The van der Waals surface area contributed by atoms with E-state index in [1.165, 1.54) is 6.20 Å². The molecule has 8 nitrogen and oxygen atoms in total. The first-order valence-corrected chi connectivity index (χ1v) is 8.39. The van der Waals surface area contributed by atoms with Gasteiger partial charge in [-0.2, -0.15) is 5.10 Å². The van der Waals surface area contributed by atoms with Gasteiger partial charge in [0.1, 0.15) is 11.4 Å². The second-order valence-electron chi connectivity index (χ2n) is 5.45. The van der Waals surface area contributed by atoms with Gasteiger partial charge in [-0.05, 0) is 46.3 Å². The molecule has 2 aromatic heterocycles. The largest absolute Gasteiger partial charge is 0.497 e. The van der Waals surface area contributed by atoms with E-state index < -0.39 is 11.8 Å². The van der Waals surface area contributed by atoms with Gasteiger partial charge in [0.05, 0.1) is 24.6 Å². The number of hydrazine groups is 1. The first-order chi connectivity index (χ1) is 12.5. The standard InChI is InChI=1S/C17H16BrN5O3/c1-23-9-11(18)7-14(23)17(25)22-21-16(24)13-8-19-20-15(13)10-3-5-12(26-2)6-4-10/h3-9H,1-2H3,(H,19,20)(H,21,24)(H,22,25). The Morgan fingerprint density at radius 2 is 1.88 bits per heavy atom. The number of hydrogen-bond donors (Lipinski definition) is 3. The van der Waals surface area contributed by atoms with Crippen molar-refractivity contribution in [2.24, 2.45) is 7.05 Å². The predicted octanol–water partition coefficient (Wildman–Crippen LogP) is 2.26. The van der Waals surface area contributed by atoms with E-state index in [1.807, 2.05) is 12.1 Å². The highest BCUT2D eigenvalue weighted by Gasteiger charge is 2.17. The quantitative estimate of drug-likeness (QED) is 0.566. The summed E-state index contributed by atoms with van der Waals surface area (Å²) in [7, 11) is 3.32. The second-order valence-corrected chi connectivity index (χ2v) is 6.37. The Morgan fingerprint density at radius 3 is 2.50 bits per heavy atom. The van der Waals surface area contributed by atoms with Crippen molar-refractivity contribution in [1.29, 1.82) is 0 Å². The highest BCUT2D eigenvalue weighted by atomic mass is 79.9. The number of nitrogens with zero attached hydrogens (tertiary/aromatic N) is 2. The van der Waals surface area contributed by atoms with Gasteiger partial charge < -0.3 is 9.30 Å². The molecule has 3 aromatic rings. The van der Waals surface area contributed by atoms with Gasteiger partial charge in [0, 0.05) is 23.3 Å². The number of aromatic amines is 1. The molecule has 9 heteroatoms. The lowest BCUT2D eigenvalue weighted by atomic mass is 10.1. The Bertz CT molecular complexity index is 946. The minimum absolute atomic E-state index is 0.309. The summed E-state index contributed by atoms with van der Waals surface area (Å²) in [6, 6.07) is 8.84. The van der Waals surface area contributed by atoms with E-state index in [-0.39, 0.29) is 0 Å². The van der Waals surface area contributed by atoms with Gasteiger partial charge >= 0.3 is 0 Å². The fraction of sp³-hybridized carbons (Fsp3) is 0.118. The van der Waals surface area contributed by atoms with Crippen molar-refractivity contribution < 1.29 is 14.3 Å². The third-order valence-corrected chi connectivity index (χ3v) is 4.19. The number of carbonyl (C=O) groups is 2. The van der Waals surface area contributed by atoms with Crippen LogP contribution in [0.3, 0.4) is 0 Å². The van der Waals surface area contributed by atoms with Crippen LogP contribution in [0.4, 0.5) is 0 Å². The van der Waals surface area contributed by atoms with Gasteiger partial charge in [-0.25, -0.2) is 0 Å². The van der Waals surface area contributed by atoms with E-state index in [9.17, 15) is 9.59 Å². The Kier molecular flexibility index (Phi) is 5.08. The van der Waals surface area contributed by atoms with Crippen LogP contribution in [0, 0.1) is 0 Å². The van der Waals surface area contributed by atoms with Crippen molar-refractivity contribution in [3.8, 4) is 17.0 Å². The van der Waals surface area contributed by atoms with Crippen LogP contribution in [-0.4, -0.2) is 33.7 Å². The molecule has 0 aliphatic heterocycles. The molecule has 134 valence electrons. The van der Waals surface area contributed by atoms with Crippen LogP contribution in [-0.2, 0) is 7.05 Å². The fourth-order valence-electron chi connectivity index (χ4n) is 2.43. The van der Waals surface area contributed by atoms with Crippen molar-refractivity contribution in [3.05, 3.63) is 58.5 Å². The lowest BCUT2D eigenvalue weighted by Crippen LogP contribution is -2.42. The second kappa shape index (κ2) is 7.44. The average molecular weight is 418 g/mol. The van der Waals surface area contributed by atoms with Gasteiger partial charge in [0.2, 0.25) is 0 Å². The van der Waals surface area contributed by atoms with Crippen LogP contribution >= 0.6 is 15.9 Å². The van der Waals surface area contributed by atoms with E-state index in [0.717, 1.165) is 10.0 Å². The van der Waals surface area contributed by atoms with Crippen molar-refractivity contribution in [2.45, 2.75) is 0 Å². The summed E-state index contributed by atoms with van der Waals surface area (Å²) in [6.45, 7) is 0. The molecule has 0 saturated heterocycles. The summed E-state index contributed by atoms with van der Waals surface area (Å²) in [5, 5.41) is 6.72. The van der Waals surface area contributed by atoms with Crippen LogP contribution in [0.15, 0.2) is 47.2 Å². The molecule has 1 aromatic carbocycles. The average Bonchev–Trinajstić information content (AvgIpc) is 3.26. The van der Waals surface area contributed by atoms with Crippen LogP contribution in [0.25, 0.3) is 11.3 Å². The zero-order valence-electron chi connectivity index (χ0n) is 14.0. The van der Waals surface area contributed by atoms with E-state index in [2.05, 4.69) is 37.0 Å². The van der Waals surface area contributed by atoms with Crippen LogP contribution < -0.4 is 15.6 Å². The number of amides is 2. The van der Waals surface area contributed by atoms with Crippen molar-refractivity contribution in [2.75, 3.05) is 7.11 Å². The molecule has 0 fully saturated rings. The van der Waals surface area contributed by atoms with Crippen LogP contribution in [0.5, 0.6) is 5.75 Å². The molecular formula is C17H16BrN5O3. The van der Waals surface area contributed by atoms with Gasteiger partial charge in [-0.1, -0.05) is 0 Å². The third kappa shape index (κ3) is 3.62. The molecule has 3 rings (SSSR count). The number of rotatable bonds is 4. The van der Waals surface area contributed by atoms with Gasteiger partial charge in [-0.3, -0.25) is 25.5 Å². The Labute approximate surface area is 157 Å². The third-order valence-electron chi connectivity index (χ3n) is 3.76. The molecule has 0 unspecified atom stereocenters. The minimum Gasteiger partial charge on any atom is -0.497 e. The number of nitrogens with one attached hydrogen (secondary N) is 3. The molecule has 0 radical (unpaired) electrons. The summed E-state index contributed by atoms with van der Waals surface area (Å²) >= 11 is 3.30. The van der Waals surface area contributed by atoms with Crippen molar-refractivity contribution in [1.82, 2.24) is 25.6 Å². The van der Waals surface area contributed by atoms with Gasteiger partial charge in [0.25, 0.3) is 11.8 Å². The smallest absolute Gasteiger partial charge is 0.286 e. The summed E-state index contributed by atoms with van der Waals surface area (Å²) < 4.78 is 7.54. The topological polar surface area (TPSA) is 101 Å². The zero-order chi connectivity index (χ0) is 18.7. The number of ether oxygens (including phenoxy) is 1. The van der Waals surface area contributed by atoms with E-state index in [1.54, 1.807) is 43.1 Å². The summed E-state index contributed by atoms with van der Waals surface area (Å²) in [6.07, 6.45) is 3.15. The van der Waals surface area contributed by atoms with E-state index >= 15 is 0 Å². The highest BCUT2D eigenvalue weighted by Crippen LogP contribution is 2.23. The molecular weight excluding hydrogens is 402 g/mol. The molecule has 26 heavy (non-hydrogen) atoms. The van der Waals surface area contributed by atoms with Crippen LogP contribution in [0.2, 0.25) is 0 Å². The lowest BCUT2D eigenvalue weighted by Gasteiger charge is -2.08. The number of benzene rings is 1.